The minimum absolute atomic E-state index is 0.0417. The van der Waals surface area contributed by atoms with Gasteiger partial charge in [-0.1, -0.05) is 0 Å². The van der Waals surface area contributed by atoms with E-state index in [1.807, 2.05) is 0 Å². The van der Waals surface area contributed by atoms with Crippen LogP contribution in [0.15, 0.2) is 0 Å². The Morgan fingerprint density at radius 1 is 1.71 bits per heavy atom. The molecule has 3 heteroatoms. The maximum absolute atomic E-state index is 10.3. The molecule has 0 aliphatic rings. The second-order valence-corrected chi connectivity index (χ2v) is 1.49. The fraction of sp³-hybridized carbons (Fsp3) is 0.750. The molecule has 7 heavy (non-hydrogen) atoms. The Balaban J connectivity index is 3.35. The van der Waals surface area contributed by atoms with Crippen LogP contribution in [0.5, 0.6) is 0 Å². The summed E-state index contributed by atoms with van der Waals surface area (Å²) in [6.07, 6.45) is 0. The minimum atomic E-state index is -0.0417. The highest BCUT2D eigenvalue weighted by Gasteiger charge is 2.09. The molecule has 1 radical (unpaired) electrons. The monoisotopic (exact) mass is 102 g/mol. The number of nitrogens with two attached hydrogens (primary N) is 1. The molecule has 3 nitrogen and oxygen atoms in total. The van der Waals surface area contributed by atoms with Gasteiger partial charge in [0.2, 0.25) is 0 Å². The maximum Gasteiger partial charge on any atom is 0.374 e. The molecule has 41 valence electrons. The lowest BCUT2D eigenvalue weighted by Gasteiger charge is -1.90. The SMILES string of the molecule is C[N+](C)C(=O)CN. The summed E-state index contributed by atoms with van der Waals surface area (Å²) >= 11 is 0. The number of hydrogen-bond acceptors (Lipinski definition) is 2. The molecule has 0 aromatic rings. The van der Waals surface area contributed by atoms with Gasteiger partial charge in [0.15, 0.2) is 0 Å². The molecule has 0 aliphatic carbocycles. The average molecular weight is 102 g/mol. The third-order valence-corrected chi connectivity index (χ3v) is 0.673. The second-order valence-electron chi connectivity index (χ2n) is 1.49. The van der Waals surface area contributed by atoms with Gasteiger partial charge >= 0.3 is 5.91 Å². The zero-order chi connectivity index (χ0) is 5.86. The van der Waals surface area contributed by atoms with Gasteiger partial charge in [0.1, 0.15) is 20.6 Å². The van der Waals surface area contributed by atoms with Gasteiger partial charge in [-0.15, -0.1) is 4.90 Å². The van der Waals surface area contributed by atoms with E-state index in [4.69, 9.17) is 5.73 Å². The number of amides is 1. The molecule has 0 spiro atoms. The van der Waals surface area contributed by atoms with E-state index < -0.39 is 0 Å². The van der Waals surface area contributed by atoms with Crippen molar-refractivity contribution in [3.63, 3.8) is 0 Å². The highest BCUT2D eigenvalue weighted by Crippen LogP contribution is 1.65. The number of carbonyl (C=O) groups is 1. The van der Waals surface area contributed by atoms with E-state index in [1.54, 1.807) is 14.1 Å². The molecule has 0 atom stereocenters. The van der Waals surface area contributed by atoms with E-state index >= 15 is 0 Å². The van der Waals surface area contributed by atoms with Crippen molar-refractivity contribution >= 4 is 5.91 Å². The lowest BCUT2D eigenvalue weighted by atomic mass is 10.6. The van der Waals surface area contributed by atoms with Crippen LogP contribution in [0.4, 0.5) is 0 Å². The first-order chi connectivity index (χ1) is 3.18. The summed E-state index contributed by atoms with van der Waals surface area (Å²) in [6.45, 7) is 0.104. The topological polar surface area (TPSA) is 49.0 Å². The predicted octanol–water partition coefficient (Wildman–Crippen LogP) is -1.13. The molecule has 0 rings (SSSR count). The molecule has 2 N–H and O–H groups in total. The van der Waals surface area contributed by atoms with Crippen molar-refractivity contribution in [1.82, 2.24) is 4.90 Å². The van der Waals surface area contributed by atoms with Gasteiger partial charge in [-0.3, -0.25) is 0 Å². The average Bonchev–Trinajstić information content (AvgIpc) is 1.65. The summed E-state index contributed by atoms with van der Waals surface area (Å²) in [6, 6.07) is 0. The van der Waals surface area contributed by atoms with Crippen LogP contribution in [0.25, 0.3) is 0 Å². The van der Waals surface area contributed by atoms with E-state index in [0.717, 1.165) is 0 Å². The number of hydrogen-bond donors (Lipinski definition) is 1. The fourth-order valence-electron chi connectivity index (χ4n) is 0.183. The molecular formula is C4H10N2O+. The predicted molar refractivity (Wildman–Crippen MR) is 28.0 cm³/mol. The van der Waals surface area contributed by atoms with Crippen LogP contribution in [0.1, 0.15) is 0 Å². The van der Waals surface area contributed by atoms with Crippen LogP contribution < -0.4 is 10.6 Å². The first kappa shape index (κ1) is 6.59. The van der Waals surface area contributed by atoms with E-state index in [2.05, 4.69) is 0 Å². The molecule has 0 aromatic carbocycles. The van der Waals surface area contributed by atoms with Crippen molar-refractivity contribution in [3.05, 3.63) is 0 Å². The van der Waals surface area contributed by atoms with Gasteiger partial charge < -0.3 is 5.73 Å². The normalized spacial score (nSPS) is 9.71. The molecule has 0 saturated heterocycles. The van der Waals surface area contributed by atoms with Crippen molar-refractivity contribution in [1.29, 1.82) is 0 Å². The van der Waals surface area contributed by atoms with Gasteiger partial charge in [0.05, 0.1) is 0 Å². The van der Waals surface area contributed by atoms with Crippen molar-refractivity contribution in [2.24, 2.45) is 5.73 Å². The van der Waals surface area contributed by atoms with Gasteiger partial charge in [0, 0.05) is 0 Å². The number of likely N-dealkylation sites (N-methyl/N-ethyl adjacent to an activating group) is 1. The molecule has 0 bridgehead atoms. The zero-order valence-electron chi connectivity index (χ0n) is 4.64. The maximum atomic E-state index is 10.3. The molecule has 0 fully saturated rings. The number of carbonyl (C=O) groups excluding carboxylic acids is 1. The van der Waals surface area contributed by atoms with E-state index in [1.165, 1.54) is 4.90 Å². The first-order valence-electron chi connectivity index (χ1n) is 2.08. The standard InChI is InChI=1S/C4H10N2O/c1-6(2)4(7)3-5/h3,5H2,1-2H3/q+1. The highest BCUT2D eigenvalue weighted by molar-refractivity contribution is 5.79. The van der Waals surface area contributed by atoms with Gasteiger partial charge in [-0.05, 0) is 0 Å². The van der Waals surface area contributed by atoms with Crippen molar-refractivity contribution in [3.8, 4) is 0 Å². The molecule has 0 heterocycles. The summed E-state index contributed by atoms with van der Waals surface area (Å²) in [7, 11) is 3.35. The van der Waals surface area contributed by atoms with Crippen LogP contribution >= 0.6 is 0 Å². The van der Waals surface area contributed by atoms with E-state index in [-0.39, 0.29) is 12.5 Å². The Kier molecular flexibility index (Phi) is 2.55. The molecule has 0 unspecified atom stereocenters. The molecule has 0 saturated carbocycles. The zero-order valence-corrected chi connectivity index (χ0v) is 4.64. The summed E-state index contributed by atoms with van der Waals surface area (Å²) in [5.41, 5.74) is 4.98. The first-order valence-corrected chi connectivity index (χ1v) is 2.08. The molecule has 0 aliphatic heterocycles. The van der Waals surface area contributed by atoms with Gasteiger partial charge in [-0.25, -0.2) is 4.79 Å². The van der Waals surface area contributed by atoms with Crippen LogP contribution in [0, 0.1) is 0 Å². The lowest BCUT2D eigenvalue weighted by molar-refractivity contribution is -0.122. The molecule has 1 amide bonds. The van der Waals surface area contributed by atoms with Crippen LogP contribution in [0.3, 0.4) is 0 Å². The smallest absolute Gasteiger partial charge is 0.319 e. The summed E-state index contributed by atoms with van der Waals surface area (Å²) in [5, 5.41) is 0. The lowest BCUT2D eigenvalue weighted by Crippen LogP contribution is -2.33. The third kappa shape index (κ3) is 2.31. The fourth-order valence-corrected chi connectivity index (χ4v) is 0.183. The highest BCUT2D eigenvalue weighted by atomic mass is 16.2. The van der Waals surface area contributed by atoms with Crippen LogP contribution in [-0.4, -0.2) is 26.5 Å². The summed E-state index contributed by atoms with van der Waals surface area (Å²) < 4.78 is 0. The minimum Gasteiger partial charge on any atom is -0.319 e. The molecular weight excluding hydrogens is 92.1 g/mol. The van der Waals surface area contributed by atoms with Gasteiger partial charge in [-0.2, -0.15) is 0 Å². The van der Waals surface area contributed by atoms with E-state index in [9.17, 15) is 4.79 Å². The Morgan fingerprint density at radius 2 is 2.14 bits per heavy atom. The van der Waals surface area contributed by atoms with E-state index in [0.29, 0.717) is 0 Å². The Hall–Kier alpha value is -0.410. The van der Waals surface area contributed by atoms with Crippen LogP contribution in [0.2, 0.25) is 0 Å². The Labute approximate surface area is 43.1 Å². The van der Waals surface area contributed by atoms with Gasteiger partial charge in [0.25, 0.3) is 0 Å². The van der Waals surface area contributed by atoms with Crippen molar-refractivity contribution in [2.75, 3.05) is 20.6 Å². The summed E-state index contributed by atoms with van der Waals surface area (Å²) in [4.78, 5) is 11.8. The van der Waals surface area contributed by atoms with Crippen molar-refractivity contribution < 1.29 is 4.79 Å². The molecule has 0 aromatic heterocycles. The quantitative estimate of drug-likeness (QED) is 0.426. The van der Waals surface area contributed by atoms with Crippen LogP contribution in [-0.2, 0) is 4.79 Å². The number of nitrogens with zero attached hydrogens (tertiary/aromatic N) is 1. The second kappa shape index (κ2) is 2.71. The largest absolute Gasteiger partial charge is 0.374 e. The Bertz CT molecular complexity index is 70.1. The summed E-state index contributed by atoms with van der Waals surface area (Å²) in [5.74, 6) is -0.0417. The van der Waals surface area contributed by atoms with Crippen molar-refractivity contribution in [2.45, 2.75) is 0 Å². The number of rotatable bonds is 1. The Morgan fingerprint density at radius 3 is 2.14 bits per heavy atom. The third-order valence-electron chi connectivity index (χ3n) is 0.673.